The Morgan fingerprint density at radius 3 is 2.38 bits per heavy atom. The van der Waals surface area contributed by atoms with Gasteiger partial charge in [-0.3, -0.25) is 0 Å². The minimum absolute atomic E-state index is 0.176. The Balaban J connectivity index is 2.14. The van der Waals surface area contributed by atoms with Crippen LogP contribution in [0.25, 0.3) is 11.0 Å². The first-order valence-corrected chi connectivity index (χ1v) is 8.69. The Morgan fingerprint density at radius 1 is 1.12 bits per heavy atom. The highest BCUT2D eigenvalue weighted by molar-refractivity contribution is 5.81. The van der Waals surface area contributed by atoms with E-state index in [-0.39, 0.29) is 11.9 Å². The second-order valence-corrected chi connectivity index (χ2v) is 6.27. The number of fused-ring (bicyclic) bond motifs is 1. The summed E-state index contributed by atoms with van der Waals surface area (Å²) in [6, 6.07) is 10.1. The molecule has 0 amide bonds. The molecule has 26 heavy (non-hydrogen) atoms. The van der Waals surface area contributed by atoms with Crippen molar-refractivity contribution in [3.63, 3.8) is 0 Å². The van der Waals surface area contributed by atoms with Gasteiger partial charge < -0.3 is 19.8 Å². The summed E-state index contributed by atoms with van der Waals surface area (Å²) in [5, 5.41) is 0. The largest absolute Gasteiger partial charge is 0.493 e. The number of methoxy groups -OCH3 is 2. The summed E-state index contributed by atoms with van der Waals surface area (Å²) in [4.78, 5) is 4.76. The van der Waals surface area contributed by atoms with Crippen LogP contribution in [0.2, 0.25) is 0 Å². The zero-order valence-corrected chi connectivity index (χ0v) is 15.3. The van der Waals surface area contributed by atoms with Crippen LogP contribution in [0.5, 0.6) is 11.5 Å². The highest BCUT2D eigenvalue weighted by Gasteiger charge is 2.19. The number of nitrogens with zero attached hydrogens (tertiary/aromatic N) is 2. The molecule has 6 heteroatoms. The molecule has 1 atom stereocenters. The SMILES string of the molecule is CCCC(N)c1nc2cc(OC)c(OC)cc2n1Cc1ccc(F)cc1. The molecular formula is C20H24FN3O2. The van der Waals surface area contributed by atoms with E-state index < -0.39 is 0 Å². The molecule has 0 saturated heterocycles. The average Bonchev–Trinajstić information content (AvgIpc) is 3.00. The van der Waals surface area contributed by atoms with E-state index in [4.69, 9.17) is 20.2 Å². The van der Waals surface area contributed by atoms with Crippen molar-refractivity contribution in [2.24, 2.45) is 5.73 Å². The number of ether oxygens (including phenoxy) is 2. The van der Waals surface area contributed by atoms with Crippen LogP contribution in [-0.2, 0) is 6.54 Å². The number of hydrogen-bond donors (Lipinski definition) is 1. The Hall–Kier alpha value is -2.60. The summed E-state index contributed by atoms with van der Waals surface area (Å²) in [6.07, 6.45) is 1.80. The Bertz CT molecular complexity index is 890. The van der Waals surface area contributed by atoms with Gasteiger partial charge in [0.05, 0.1) is 31.3 Å². The van der Waals surface area contributed by atoms with Gasteiger partial charge in [0, 0.05) is 18.7 Å². The molecule has 0 spiro atoms. The van der Waals surface area contributed by atoms with Crippen LogP contribution in [0.15, 0.2) is 36.4 Å². The zero-order valence-electron chi connectivity index (χ0n) is 15.3. The lowest BCUT2D eigenvalue weighted by Crippen LogP contribution is -2.17. The minimum Gasteiger partial charge on any atom is -0.493 e. The van der Waals surface area contributed by atoms with Crippen molar-refractivity contribution in [1.29, 1.82) is 0 Å². The van der Waals surface area contributed by atoms with Crippen molar-refractivity contribution in [2.75, 3.05) is 14.2 Å². The summed E-state index contributed by atoms with van der Waals surface area (Å²) in [7, 11) is 3.21. The Labute approximate surface area is 152 Å². The number of imidazole rings is 1. The van der Waals surface area contributed by atoms with Crippen molar-refractivity contribution in [3.8, 4) is 11.5 Å². The van der Waals surface area contributed by atoms with E-state index >= 15 is 0 Å². The van der Waals surface area contributed by atoms with Gasteiger partial charge in [0.2, 0.25) is 0 Å². The van der Waals surface area contributed by atoms with E-state index in [2.05, 4.69) is 11.5 Å². The molecule has 0 aliphatic carbocycles. The molecule has 0 fully saturated rings. The van der Waals surface area contributed by atoms with E-state index in [9.17, 15) is 4.39 Å². The predicted octanol–water partition coefficient (Wildman–Crippen LogP) is 4.04. The summed E-state index contributed by atoms with van der Waals surface area (Å²) < 4.78 is 26.1. The summed E-state index contributed by atoms with van der Waals surface area (Å²) in [6.45, 7) is 2.65. The van der Waals surface area contributed by atoms with Crippen molar-refractivity contribution in [3.05, 3.63) is 53.6 Å². The fourth-order valence-electron chi connectivity index (χ4n) is 3.13. The first kappa shape index (κ1) is 18.2. The van der Waals surface area contributed by atoms with Crippen molar-refractivity contribution in [1.82, 2.24) is 9.55 Å². The molecule has 5 nitrogen and oxygen atoms in total. The molecule has 138 valence electrons. The third kappa shape index (κ3) is 3.51. The van der Waals surface area contributed by atoms with E-state index in [0.717, 1.165) is 35.3 Å². The lowest BCUT2D eigenvalue weighted by Gasteiger charge is -2.15. The van der Waals surface area contributed by atoms with Gasteiger partial charge in [-0.2, -0.15) is 0 Å². The maximum absolute atomic E-state index is 13.2. The molecule has 0 bridgehead atoms. The van der Waals surface area contributed by atoms with Crippen LogP contribution in [0.4, 0.5) is 4.39 Å². The maximum Gasteiger partial charge on any atom is 0.163 e. The van der Waals surface area contributed by atoms with Crippen molar-refractivity contribution in [2.45, 2.75) is 32.4 Å². The summed E-state index contributed by atoms with van der Waals surface area (Å²) in [5.41, 5.74) is 9.07. The van der Waals surface area contributed by atoms with Crippen LogP contribution in [0.3, 0.4) is 0 Å². The normalized spacial score (nSPS) is 12.3. The molecule has 1 unspecified atom stereocenters. The van der Waals surface area contributed by atoms with E-state index in [1.54, 1.807) is 26.4 Å². The van der Waals surface area contributed by atoms with Crippen molar-refractivity contribution >= 4 is 11.0 Å². The van der Waals surface area contributed by atoms with Gasteiger partial charge in [-0.25, -0.2) is 9.37 Å². The highest BCUT2D eigenvalue weighted by atomic mass is 19.1. The maximum atomic E-state index is 13.2. The lowest BCUT2D eigenvalue weighted by atomic mass is 10.1. The molecule has 1 aromatic heterocycles. The molecule has 1 heterocycles. The molecule has 2 aromatic carbocycles. The minimum atomic E-state index is -0.251. The van der Waals surface area contributed by atoms with Crippen LogP contribution >= 0.6 is 0 Å². The molecule has 0 saturated carbocycles. The third-order valence-electron chi connectivity index (χ3n) is 4.47. The zero-order chi connectivity index (χ0) is 18.7. The quantitative estimate of drug-likeness (QED) is 0.693. The highest BCUT2D eigenvalue weighted by Crippen LogP contribution is 2.34. The van der Waals surface area contributed by atoms with Crippen LogP contribution in [0, 0.1) is 5.82 Å². The number of nitrogens with two attached hydrogens (primary N) is 1. The Kier molecular flexibility index (Phi) is 5.42. The molecule has 3 aromatic rings. The number of hydrogen-bond acceptors (Lipinski definition) is 4. The molecule has 0 radical (unpaired) electrons. The van der Waals surface area contributed by atoms with Crippen LogP contribution < -0.4 is 15.2 Å². The van der Waals surface area contributed by atoms with Gasteiger partial charge in [-0.15, -0.1) is 0 Å². The van der Waals surface area contributed by atoms with Crippen LogP contribution in [0.1, 0.15) is 37.2 Å². The fraction of sp³-hybridized carbons (Fsp3) is 0.350. The number of rotatable bonds is 7. The second-order valence-electron chi connectivity index (χ2n) is 6.27. The monoisotopic (exact) mass is 357 g/mol. The molecule has 2 N–H and O–H groups in total. The average molecular weight is 357 g/mol. The Morgan fingerprint density at radius 2 is 1.77 bits per heavy atom. The number of halogens is 1. The molecular weight excluding hydrogens is 333 g/mol. The third-order valence-corrected chi connectivity index (χ3v) is 4.47. The van der Waals surface area contributed by atoms with Gasteiger partial charge in [0.15, 0.2) is 11.5 Å². The standard InChI is InChI=1S/C20H24FN3O2/c1-4-5-15(22)20-23-16-10-18(25-2)19(26-3)11-17(16)24(20)12-13-6-8-14(21)9-7-13/h6-11,15H,4-5,12,22H2,1-3H3. The van der Waals surface area contributed by atoms with Gasteiger partial charge in [-0.1, -0.05) is 25.5 Å². The first-order valence-electron chi connectivity index (χ1n) is 8.69. The van der Waals surface area contributed by atoms with Crippen molar-refractivity contribution < 1.29 is 13.9 Å². The lowest BCUT2D eigenvalue weighted by molar-refractivity contribution is 0.355. The van der Waals surface area contributed by atoms with Gasteiger partial charge in [0.25, 0.3) is 0 Å². The van der Waals surface area contributed by atoms with Crippen LogP contribution in [-0.4, -0.2) is 23.8 Å². The fourth-order valence-corrected chi connectivity index (χ4v) is 3.13. The first-order chi connectivity index (χ1) is 12.6. The molecule has 0 aliphatic rings. The number of benzene rings is 2. The topological polar surface area (TPSA) is 62.3 Å². The predicted molar refractivity (Wildman–Crippen MR) is 100 cm³/mol. The summed E-state index contributed by atoms with van der Waals surface area (Å²) >= 11 is 0. The van der Waals surface area contributed by atoms with E-state index in [0.29, 0.717) is 18.0 Å². The van der Waals surface area contributed by atoms with Gasteiger partial charge in [0.1, 0.15) is 11.6 Å². The number of aromatic nitrogens is 2. The van der Waals surface area contributed by atoms with Gasteiger partial charge >= 0.3 is 0 Å². The van der Waals surface area contributed by atoms with Gasteiger partial charge in [-0.05, 0) is 24.1 Å². The second kappa shape index (κ2) is 7.74. The van der Waals surface area contributed by atoms with E-state index in [1.807, 2.05) is 12.1 Å². The summed E-state index contributed by atoms with van der Waals surface area (Å²) in [5.74, 6) is 1.82. The molecule has 3 rings (SSSR count). The smallest absolute Gasteiger partial charge is 0.163 e. The molecule has 0 aliphatic heterocycles. The van der Waals surface area contributed by atoms with E-state index in [1.165, 1.54) is 12.1 Å².